The molecule has 120 valence electrons. The van der Waals surface area contributed by atoms with Crippen molar-refractivity contribution in [2.24, 2.45) is 0 Å². The quantitative estimate of drug-likeness (QED) is 0.898. The predicted octanol–water partition coefficient (Wildman–Crippen LogP) is 3.40. The highest BCUT2D eigenvalue weighted by Gasteiger charge is 2.46. The SMILES string of the molecule is Cc1nc(CCNc2ccc(S(=O)(=O)C(F)(F)F)cc2)cs1. The van der Waals surface area contributed by atoms with Gasteiger partial charge in [0.05, 0.1) is 15.6 Å². The Bertz CT molecular complexity index is 737. The summed E-state index contributed by atoms with van der Waals surface area (Å²) in [6, 6.07) is 4.51. The van der Waals surface area contributed by atoms with Gasteiger partial charge in [-0.3, -0.25) is 0 Å². The van der Waals surface area contributed by atoms with Crippen molar-refractivity contribution in [3.05, 3.63) is 40.3 Å². The smallest absolute Gasteiger partial charge is 0.385 e. The molecule has 0 unspecified atom stereocenters. The van der Waals surface area contributed by atoms with E-state index in [0.29, 0.717) is 18.7 Å². The first kappa shape index (κ1) is 16.8. The van der Waals surface area contributed by atoms with E-state index in [1.54, 1.807) is 11.3 Å². The number of thiazole rings is 1. The van der Waals surface area contributed by atoms with Crippen LogP contribution in [0.15, 0.2) is 34.5 Å². The van der Waals surface area contributed by atoms with Crippen LogP contribution in [-0.4, -0.2) is 25.5 Å². The van der Waals surface area contributed by atoms with Crippen molar-refractivity contribution in [3.63, 3.8) is 0 Å². The fraction of sp³-hybridized carbons (Fsp3) is 0.308. The lowest BCUT2D eigenvalue weighted by Crippen LogP contribution is -2.23. The highest BCUT2D eigenvalue weighted by molar-refractivity contribution is 7.92. The van der Waals surface area contributed by atoms with Crippen molar-refractivity contribution in [1.29, 1.82) is 0 Å². The zero-order chi connectivity index (χ0) is 16.4. The minimum Gasteiger partial charge on any atom is -0.385 e. The van der Waals surface area contributed by atoms with Gasteiger partial charge < -0.3 is 5.32 Å². The van der Waals surface area contributed by atoms with E-state index in [4.69, 9.17) is 0 Å². The van der Waals surface area contributed by atoms with Gasteiger partial charge in [0.2, 0.25) is 0 Å². The van der Waals surface area contributed by atoms with Crippen LogP contribution >= 0.6 is 11.3 Å². The molecule has 2 rings (SSSR count). The Kier molecular flexibility index (Phi) is 4.76. The average Bonchev–Trinajstić information content (AvgIpc) is 2.84. The fourth-order valence-electron chi connectivity index (χ4n) is 1.74. The molecule has 1 aromatic carbocycles. The summed E-state index contributed by atoms with van der Waals surface area (Å²) in [5, 5.41) is 5.92. The Hall–Kier alpha value is -1.61. The number of sulfone groups is 1. The number of anilines is 1. The average molecular weight is 350 g/mol. The largest absolute Gasteiger partial charge is 0.501 e. The second-order valence-corrected chi connectivity index (χ2v) is 7.51. The molecule has 0 saturated carbocycles. The zero-order valence-corrected chi connectivity index (χ0v) is 13.1. The molecule has 0 amide bonds. The molecular formula is C13H13F3N2O2S2. The van der Waals surface area contributed by atoms with Gasteiger partial charge in [-0.2, -0.15) is 13.2 Å². The van der Waals surface area contributed by atoms with Gasteiger partial charge >= 0.3 is 5.51 Å². The monoisotopic (exact) mass is 350 g/mol. The summed E-state index contributed by atoms with van der Waals surface area (Å²) in [5.41, 5.74) is -3.80. The number of hydrogen-bond donors (Lipinski definition) is 1. The van der Waals surface area contributed by atoms with Crippen molar-refractivity contribution in [1.82, 2.24) is 4.98 Å². The molecule has 4 nitrogen and oxygen atoms in total. The highest BCUT2D eigenvalue weighted by Crippen LogP contribution is 2.30. The van der Waals surface area contributed by atoms with Crippen molar-refractivity contribution < 1.29 is 21.6 Å². The zero-order valence-electron chi connectivity index (χ0n) is 11.5. The van der Waals surface area contributed by atoms with E-state index in [-0.39, 0.29) is 0 Å². The van der Waals surface area contributed by atoms with Crippen molar-refractivity contribution in [3.8, 4) is 0 Å². The molecule has 0 radical (unpaired) electrons. The number of halogens is 3. The minimum atomic E-state index is -5.29. The van der Waals surface area contributed by atoms with Gasteiger partial charge in [-0.25, -0.2) is 13.4 Å². The van der Waals surface area contributed by atoms with Crippen LogP contribution in [0.5, 0.6) is 0 Å². The second-order valence-electron chi connectivity index (χ2n) is 4.51. The topological polar surface area (TPSA) is 59.1 Å². The van der Waals surface area contributed by atoms with Gasteiger partial charge in [-0.1, -0.05) is 0 Å². The lowest BCUT2D eigenvalue weighted by atomic mass is 10.3. The number of alkyl halides is 3. The van der Waals surface area contributed by atoms with E-state index < -0.39 is 20.2 Å². The third-order valence-corrected chi connectivity index (χ3v) is 5.17. The molecule has 0 aliphatic carbocycles. The minimum absolute atomic E-state index is 0.549. The highest BCUT2D eigenvalue weighted by atomic mass is 32.2. The molecule has 0 atom stereocenters. The summed E-state index contributed by atoms with van der Waals surface area (Å²) in [4.78, 5) is 3.53. The summed E-state index contributed by atoms with van der Waals surface area (Å²) in [7, 11) is -5.29. The second kappa shape index (κ2) is 6.25. The first-order chi connectivity index (χ1) is 10.2. The van der Waals surface area contributed by atoms with E-state index in [0.717, 1.165) is 22.8 Å². The Balaban J connectivity index is 1.98. The van der Waals surface area contributed by atoms with E-state index >= 15 is 0 Å². The lowest BCUT2D eigenvalue weighted by molar-refractivity contribution is -0.0436. The van der Waals surface area contributed by atoms with Crippen molar-refractivity contribution in [2.45, 2.75) is 23.7 Å². The number of hydrogen-bond acceptors (Lipinski definition) is 5. The molecule has 0 aliphatic heterocycles. The standard InChI is InChI=1S/C13H13F3N2O2S2/c1-9-18-11(8-21-9)6-7-17-10-2-4-12(5-3-10)22(19,20)13(14,15)16/h2-5,8,17H,6-7H2,1H3. The molecule has 0 saturated heterocycles. The Labute approximate surface area is 129 Å². The molecular weight excluding hydrogens is 337 g/mol. The molecule has 0 spiro atoms. The van der Waals surface area contributed by atoms with Crippen LogP contribution in [0.1, 0.15) is 10.7 Å². The number of benzene rings is 1. The molecule has 1 aromatic heterocycles. The molecule has 1 heterocycles. The van der Waals surface area contributed by atoms with Gasteiger partial charge in [0.15, 0.2) is 0 Å². The van der Waals surface area contributed by atoms with E-state index in [2.05, 4.69) is 10.3 Å². The van der Waals surface area contributed by atoms with Crippen LogP contribution in [0.25, 0.3) is 0 Å². The molecule has 9 heteroatoms. The first-order valence-corrected chi connectivity index (χ1v) is 8.63. The normalized spacial score (nSPS) is 12.4. The van der Waals surface area contributed by atoms with Crippen LogP contribution in [0.3, 0.4) is 0 Å². The Morgan fingerprint density at radius 2 is 1.86 bits per heavy atom. The Morgan fingerprint density at radius 1 is 1.23 bits per heavy atom. The van der Waals surface area contributed by atoms with Gasteiger partial charge in [0.1, 0.15) is 0 Å². The molecule has 0 fully saturated rings. The van der Waals surface area contributed by atoms with E-state index in [1.807, 2.05) is 12.3 Å². The summed E-state index contributed by atoms with van der Waals surface area (Å²) < 4.78 is 59.6. The summed E-state index contributed by atoms with van der Waals surface area (Å²) in [6.07, 6.45) is 0.674. The van der Waals surface area contributed by atoms with Gasteiger partial charge in [0.25, 0.3) is 9.84 Å². The van der Waals surface area contributed by atoms with Crippen LogP contribution in [0, 0.1) is 6.92 Å². The van der Waals surface area contributed by atoms with Crippen LogP contribution < -0.4 is 5.32 Å². The van der Waals surface area contributed by atoms with Crippen molar-refractivity contribution in [2.75, 3.05) is 11.9 Å². The fourth-order valence-corrected chi connectivity index (χ4v) is 3.15. The molecule has 0 bridgehead atoms. The number of nitrogens with zero attached hydrogens (tertiary/aromatic N) is 1. The molecule has 0 aliphatic rings. The predicted molar refractivity (Wildman–Crippen MR) is 78.7 cm³/mol. The summed E-state index contributed by atoms with van der Waals surface area (Å²) >= 11 is 1.55. The van der Waals surface area contributed by atoms with Crippen LogP contribution in [-0.2, 0) is 16.3 Å². The number of aryl methyl sites for hydroxylation is 1. The molecule has 2 aromatic rings. The van der Waals surface area contributed by atoms with Gasteiger partial charge in [0, 0.05) is 24.0 Å². The van der Waals surface area contributed by atoms with Crippen LogP contribution in [0.4, 0.5) is 18.9 Å². The van der Waals surface area contributed by atoms with Gasteiger partial charge in [-0.15, -0.1) is 11.3 Å². The van der Waals surface area contributed by atoms with E-state index in [9.17, 15) is 21.6 Å². The third-order valence-electron chi connectivity index (χ3n) is 2.85. The number of aromatic nitrogens is 1. The summed E-state index contributed by atoms with van der Waals surface area (Å²) in [6.45, 7) is 2.45. The molecule has 1 N–H and O–H groups in total. The van der Waals surface area contributed by atoms with Crippen LogP contribution in [0.2, 0.25) is 0 Å². The number of nitrogens with one attached hydrogen (secondary N) is 1. The molecule has 22 heavy (non-hydrogen) atoms. The maximum absolute atomic E-state index is 12.4. The number of rotatable bonds is 5. The maximum Gasteiger partial charge on any atom is 0.501 e. The van der Waals surface area contributed by atoms with E-state index in [1.165, 1.54) is 12.1 Å². The Morgan fingerprint density at radius 3 is 2.36 bits per heavy atom. The third kappa shape index (κ3) is 3.77. The van der Waals surface area contributed by atoms with Crippen molar-refractivity contribution >= 4 is 26.9 Å². The lowest BCUT2D eigenvalue weighted by Gasteiger charge is -2.09. The summed E-state index contributed by atoms with van der Waals surface area (Å²) in [5.74, 6) is 0. The van der Waals surface area contributed by atoms with Gasteiger partial charge in [-0.05, 0) is 31.2 Å². The first-order valence-electron chi connectivity index (χ1n) is 6.26. The maximum atomic E-state index is 12.4.